The zero-order valence-electron chi connectivity index (χ0n) is 21.8. The third kappa shape index (κ3) is 6.24. The van der Waals surface area contributed by atoms with Crippen LogP contribution in [0.25, 0.3) is 11.0 Å². The number of carbonyl (C=O) groups excluding carboxylic acids is 2. The van der Waals surface area contributed by atoms with Gasteiger partial charge in [-0.2, -0.15) is 0 Å². The zero-order valence-corrected chi connectivity index (χ0v) is 21.8. The molecule has 0 unspecified atom stereocenters. The molecule has 0 aliphatic rings. The molecule has 0 aliphatic carbocycles. The van der Waals surface area contributed by atoms with Crippen LogP contribution >= 0.6 is 0 Å². The smallest absolute Gasteiger partial charge is 0.270 e. The number of aryl methyl sites for hydroxylation is 2. The van der Waals surface area contributed by atoms with E-state index < -0.39 is 0 Å². The summed E-state index contributed by atoms with van der Waals surface area (Å²) < 4.78 is 8.01. The number of rotatable bonds is 9. The van der Waals surface area contributed by atoms with Gasteiger partial charge in [-0.25, -0.2) is 4.98 Å². The Balaban J connectivity index is 1.48. The molecule has 0 fully saturated rings. The summed E-state index contributed by atoms with van der Waals surface area (Å²) >= 11 is 0. The van der Waals surface area contributed by atoms with Gasteiger partial charge in [0.25, 0.3) is 5.91 Å². The molecule has 0 radical (unpaired) electrons. The molecular formula is C28H32N6O3. The maximum absolute atomic E-state index is 12.4. The normalized spacial score (nSPS) is 11.0. The van der Waals surface area contributed by atoms with Crippen molar-refractivity contribution in [3.63, 3.8) is 0 Å². The van der Waals surface area contributed by atoms with E-state index in [4.69, 9.17) is 9.72 Å². The van der Waals surface area contributed by atoms with Crippen molar-refractivity contribution in [1.82, 2.24) is 25.2 Å². The Labute approximate surface area is 216 Å². The highest BCUT2D eigenvalue weighted by molar-refractivity contribution is 5.92. The van der Waals surface area contributed by atoms with Crippen molar-refractivity contribution in [1.29, 1.82) is 0 Å². The molecule has 3 N–H and O–H groups in total. The summed E-state index contributed by atoms with van der Waals surface area (Å²) in [5.41, 5.74) is 5.53. The molecule has 0 saturated carbocycles. The SMILES string of the molecule is CC(=O)NCCNC(=O)c1cc(Oc2ccc3c(c2)nc(Nc2ccc(C)c(C(C)C)c2)n3C)ccn1. The zero-order chi connectivity index (χ0) is 26.5. The average Bonchev–Trinajstić information content (AvgIpc) is 3.17. The summed E-state index contributed by atoms with van der Waals surface area (Å²) in [6, 6.07) is 15.3. The monoisotopic (exact) mass is 500 g/mol. The van der Waals surface area contributed by atoms with Crippen LogP contribution in [0.2, 0.25) is 0 Å². The van der Waals surface area contributed by atoms with Gasteiger partial charge < -0.3 is 25.3 Å². The molecule has 2 aromatic carbocycles. The van der Waals surface area contributed by atoms with E-state index in [1.165, 1.54) is 24.2 Å². The fourth-order valence-corrected chi connectivity index (χ4v) is 4.06. The number of benzene rings is 2. The molecule has 37 heavy (non-hydrogen) atoms. The van der Waals surface area contributed by atoms with Crippen molar-refractivity contribution < 1.29 is 14.3 Å². The fraction of sp³-hybridized carbons (Fsp3) is 0.286. The number of hydrogen-bond donors (Lipinski definition) is 3. The van der Waals surface area contributed by atoms with Gasteiger partial charge in [0.2, 0.25) is 11.9 Å². The molecule has 9 nitrogen and oxygen atoms in total. The molecule has 2 amide bonds. The number of fused-ring (bicyclic) bond motifs is 1. The number of nitrogens with one attached hydrogen (secondary N) is 3. The maximum atomic E-state index is 12.4. The van der Waals surface area contributed by atoms with Crippen LogP contribution in [-0.2, 0) is 11.8 Å². The van der Waals surface area contributed by atoms with Crippen LogP contribution in [-0.4, -0.2) is 39.4 Å². The molecule has 9 heteroatoms. The second kappa shape index (κ2) is 11.1. The first-order chi connectivity index (χ1) is 17.7. The lowest BCUT2D eigenvalue weighted by Gasteiger charge is -2.13. The van der Waals surface area contributed by atoms with Crippen molar-refractivity contribution in [2.75, 3.05) is 18.4 Å². The van der Waals surface area contributed by atoms with Gasteiger partial charge in [-0.05, 0) is 54.3 Å². The Kier molecular flexibility index (Phi) is 7.71. The van der Waals surface area contributed by atoms with Crippen LogP contribution in [0.1, 0.15) is 48.3 Å². The number of hydrogen-bond acceptors (Lipinski definition) is 6. The minimum Gasteiger partial charge on any atom is -0.457 e. The van der Waals surface area contributed by atoms with Crippen LogP contribution in [0.5, 0.6) is 11.5 Å². The summed E-state index contributed by atoms with van der Waals surface area (Å²) in [6.07, 6.45) is 1.52. The first-order valence-electron chi connectivity index (χ1n) is 12.2. The summed E-state index contributed by atoms with van der Waals surface area (Å²) in [4.78, 5) is 32.2. The lowest BCUT2D eigenvalue weighted by molar-refractivity contribution is -0.118. The first-order valence-corrected chi connectivity index (χ1v) is 12.2. The van der Waals surface area contributed by atoms with E-state index in [0.29, 0.717) is 30.5 Å². The molecule has 2 aromatic heterocycles. The van der Waals surface area contributed by atoms with Gasteiger partial charge in [0.05, 0.1) is 11.0 Å². The van der Waals surface area contributed by atoms with Crippen LogP contribution in [0.3, 0.4) is 0 Å². The van der Waals surface area contributed by atoms with Crippen LogP contribution in [0, 0.1) is 6.92 Å². The van der Waals surface area contributed by atoms with E-state index in [1.54, 1.807) is 12.1 Å². The van der Waals surface area contributed by atoms with Crippen LogP contribution < -0.4 is 20.7 Å². The molecule has 0 bridgehead atoms. The molecule has 2 heterocycles. The van der Waals surface area contributed by atoms with Crippen LogP contribution in [0.4, 0.5) is 11.6 Å². The van der Waals surface area contributed by atoms with E-state index in [2.05, 4.69) is 59.9 Å². The molecular weight excluding hydrogens is 468 g/mol. The van der Waals surface area contributed by atoms with E-state index >= 15 is 0 Å². The van der Waals surface area contributed by atoms with Gasteiger partial charge in [-0.15, -0.1) is 0 Å². The molecule has 0 spiro atoms. The topological polar surface area (TPSA) is 110 Å². The van der Waals surface area contributed by atoms with Crippen molar-refractivity contribution in [2.24, 2.45) is 7.05 Å². The Bertz CT molecular complexity index is 1440. The molecule has 4 aromatic rings. The minimum atomic E-state index is -0.344. The number of aromatic nitrogens is 3. The molecule has 4 rings (SSSR count). The summed E-state index contributed by atoms with van der Waals surface area (Å²) in [7, 11) is 1.97. The van der Waals surface area contributed by atoms with Gasteiger partial charge >= 0.3 is 0 Å². The molecule has 0 saturated heterocycles. The highest BCUT2D eigenvalue weighted by Crippen LogP contribution is 2.29. The Morgan fingerprint density at radius 1 is 1.00 bits per heavy atom. The standard InChI is InChI=1S/C28H32N6O3/c1-17(2)23-14-20(7-6-18(23)3)32-28-33-24-15-21(8-9-26(24)34(28)5)37-22-10-11-30-25(16-22)27(36)31-13-12-29-19(4)35/h6-11,14-17H,12-13H2,1-5H3,(H,29,35)(H,31,36)(H,32,33). The van der Waals surface area contributed by atoms with Crippen molar-refractivity contribution >= 4 is 34.5 Å². The Hall–Kier alpha value is -4.40. The van der Waals surface area contributed by atoms with E-state index in [1.807, 2.05) is 29.8 Å². The highest BCUT2D eigenvalue weighted by Gasteiger charge is 2.13. The Morgan fingerprint density at radius 3 is 2.51 bits per heavy atom. The number of carbonyl (C=O) groups is 2. The number of imidazole rings is 1. The molecule has 0 atom stereocenters. The fourth-order valence-electron chi connectivity index (χ4n) is 4.06. The lowest BCUT2D eigenvalue weighted by Crippen LogP contribution is -2.33. The van der Waals surface area contributed by atoms with Crippen LogP contribution in [0.15, 0.2) is 54.7 Å². The summed E-state index contributed by atoms with van der Waals surface area (Å²) in [5.74, 6) is 1.75. The summed E-state index contributed by atoms with van der Waals surface area (Å²) in [6.45, 7) is 8.59. The lowest BCUT2D eigenvalue weighted by atomic mass is 9.97. The van der Waals surface area contributed by atoms with Gasteiger partial charge in [0.15, 0.2) is 0 Å². The number of amides is 2. The second-order valence-corrected chi connectivity index (χ2v) is 9.21. The maximum Gasteiger partial charge on any atom is 0.270 e. The van der Waals surface area contributed by atoms with E-state index in [9.17, 15) is 9.59 Å². The van der Waals surface area contributed by atoms with E-state index in [-0.39, 0.29) is 17.5 Å². The van der Waals surface area contributed by atoms with Gasteiger partial charge in [0, 0.05) is 51.1 Å². The predicted octanol–water partition coefficient (Wildman–Crippen LogP) is 4.80. The highest BCUT2D eigenvalue weighted by atomic mass is 16.5. The number of pyridine rings is 1. The van der Waals surface area contributed by atoms with Gasteiger partial charge in [-0.3, -0.25) is 14.6 Å². The van der Waals surface area contributed by atoms with Crippen molar-refractivity contribution in [3.05, 3.63) is 71.5 Å². The number of anilines is 2. The number of nitrogens with zero attached hydrogens (tertiary/aromatic N) is 3. The third-order valence-corrected chi connectivity index (χ3v) is 5.99. The first kappa shape index (κ1) is 25.7. The van der Waals surface area contributed by atoms with E-state index in [0.717, 1.165) is 22.7 Å². The molecule has 0 aliphatic heterocycles. The second-order valence-electron chi connectivity index (χ2n) is 9.21. The van der Waals surface area contributed by atoms with Gasteiger partial charge in [-0.1, -0.05) is 19.9 Å². The quantitative estimate of drug-likeness (QED) is 0.285. The minimum absolute atomic E-state index is 0.147. The number of ether oxygens (including phenoxy) is 1. The Morgan fingerprint density at radius 2 is 1.76 bits per heavy atom. The predicted molar refractivity (Wildman–Crippen MR) is 145 cm³/mol. The van der Waals surface area contributed by atoms with Crippen molar-refractivity contribution in [3.8, 4) is 11.5 Å². The van der Waals surface area contributed by atoms with Gasteiger partial charge in [0.1, 0.15) is 17.2 Å². The molecule has 192 valence electrons. The summed E-state index contributed by atoms with van der Waals surface area (Å²) in [5, 5.41) is 8.78. The largest absolute Gasteiger partial charge is 0.457 e. The van der Waals surface area contributed by atoms with Crippen molar-refractivity contribution in [2.45, 2.75) is 33.6 Å². The average molecular weight is 501 g/mol. The third-order valence-electron chi connectivity index (χ3n) is 5.99.